The maximum absolute atomic E-state index is 12.8. The van der Waals surface area contributed by atoms with Crippen molar-refractivity contribution in [1.82, 2.24) is 24.9 Å². The number of hydrogen-bond donors (Lipinski definition) is 1. The molecule has 1 saturated heterocycles. The summed E-state index contributed by atoms with van der Waals surface area (Å²) in [6.45, 7) is 4.16. The van der Waals surface area contributed by atoms with E-state index in [2.05, 4.69) is 10.4 Å². The number of nitrogens with one attached hydrogen (secondary N) is 1. The Kier molecular flexibility index (Phi) is 5.37. The average molecular weight is 355 g/mol. The summed E-state index contributed by atoms with van der Waals surface area (Å²) in [5.74, 6) is 0.0393. The molecule has 1 unspecified atom stereocenters. The van der Waals surface area contributed by atoms with Gasteiger partial charge in [0.2, 0.25) is 5.91 Å². The van der Waals surface area contributed by atoms with Gasteiger partial charge in [-0.3, -0.25) is 14.3 Å². The van der Waals surface area contributed by atoms with Crippen LogP contribution < -0.4 is 5.32 Å². The van der Waals surface area contributed by atoms with Gasteiger partial charge >= 0.3 is 0 Å². The van der Waals surface area contributed by atoms with Gasteiger partial charge in [0.25, 0.3) is 5.91 Å². The van der Waals surface area contributed by atoms with E-state index >= 15 is 0 Å². The van der Waals surface area contributed by atoms with Crippen molar-refractivity contribution >= 4 is 11.8 Å². The molecule has 1 aliphatic heterocycles. The van der Waals surface area contributed by atoms with Crippen LogP contribution in [-0.2, 0) is 11.8 Å². The monoisotopic (exact) mass is 355 g/mol. The van der Waals surface area contributed by atoms with E-state index in [1.54, 1.807) is 17.9 Å². The number of hydrogen-bond acceptors (Lipinski definition) is 4. The maximum atomic E-state index is 12.8. The third-order valence-corrected chi connectivity index (χ3v) is 4.77. The van der Waals surface area contributed by atoms with Crippen molar-refractivity contribution in [3.8, 4) is 0 Å². The van der Waals surface area contributed by atoms with E-state index < -0.39 is 6.04 Å². The van der Waals surface area contributed by atoms with Gasteiger partial charge in [0, 0.05) is 50.6 Å². The van der Waals surface area contributed by atoms with Crippen molar-refractivity contribution in [2.75, 3.05) is 33.2 Å². The number of piperazine rings is 1. The Labute approximate surface area is 153 Å². The number of rotatable bonds is 4. The molecule has 0 spiro atoms. The smallest absolute Gasteiger partial charge is 0.253 e. The molecule has 2 heterocycles. The summed E-state index contributed by atoms with van der Waals surface area (Å²) in [7, 11) is 3.60. The maximum Gasteiger partial charge on any atom is 0.253 e. The molecule has 0 radical (unpaired) electrons. The summed E-state index contributed by atoms with van der Waals surface area (Å²) < 4.78 is 1.69. The molecule has 1 fully saturated rings. The van der Waals surface area contributed by atoms with Crippen molar-refractivity contribution < 1.29 is 9.59 Å². The van der Waals surface area contributed by atoms with E-state index in [-0.39, 0.29) is 11.8 Å². The van der Waals surface area contributed by atoms with E-state index in [0.717, 1.165) is 11.1 Å². The molecule has 0 aliphatic carbocycles. The standard InChI is InChI=1S/C19H25N5O2/c1-14-4-6-15(7-5-14)18(25)23-8-10-24(11-9-23)19(26)17(20-2)16-12-21-22(3)13-16/h4-7,12-13,17,20H,8-11H2,1-3H3. The van der Waals surface area contributed by atoms with Crippen LogP contribution in [0.2, 0.25) is 0 Å². The Morgan fingerprint density at radius 1 is 1.08 bits per heavy atom. The highest BCUT2D eigenvalue weighted by molar-refractivity contribution is 5.94. The zero-order valence-electron chi connectivity index (χ0n) is 15.5. The van der Waals surface area contributed by atoms with Gasteiger partial charge in [0.1, 0.15) is 6.04 Å². The summed E-state index contributed by atoms with van der Waals surface area (Å²) in [5, 5.41) is 7.21. The van der Waals surface area contributed by atoms with Crippen LogP contribution in [-0.4, -0.2) is 64.6 Å². The number of carbonyl (C=O) groups is 2. The van der Waals surface area contributed by atoms with Gasteiger partial charge in [0.15, 0.2) is 0 Å². The number of nitrogens with zero attached hydrogens (tertiary/aromatic N) is 4. The lowest BCUT2D eigenvalue weighted by atomic mass is 10.1. The number of carbonyl (C=O) groups excluding carboxylic acids is 2. The Bertz CT molecular complexity index is 775. The number of benzene rings is 1. The molecule has 0 bridgehead atoms. The second-order valence-corrected chi connectivity index (χ2v) is 6.65. The largest absolute Gasteiger partial charge is 0.337 e. The van der Waals surface area contributed by atoms with Crippen molar-refractivity contribution in [3.05, 3.63) is 53.3 Å². The highest BCUT2D eigenvalue weighted by atomic mass is 16.2. The molecule has 1 N–H and O–H groups in total. The number of likely N-dealkylation sites (N-methyl/N-ethyl adjacent to an activating group) is 1. The SMILES string of the molecule is CNC(C(=O)N1CCN(C(=O)c2ccc(C)cc2)CC1)c1cnn(C)c1. The molecule has 1 atom stereocenters. The Hall–Kier alpha value is -2.67. The lowest BCUT2D eigenvalue weighted by Crippen LogP contribution is -2.52. The molecule has 7 heteroatoms. The third-order valence-electron chi connectivity index (χ3n) is 4.77. The van der Waals surface area contributed by atoms with Crippen LogP contribution in [0.1, 0.15) is 27.5 Å². The van der Waals surface area contributed by atoms with E-state index in [4.69, 9.17) is 0 Å². The minimum absolute atomic E-state index is 0.0166. The second-order valence-electron chi connectivity index (χ2n) is 6.65. The van der Waals surface area contributed by atoms with Crippen LogP contribution >= 0.6 is 0 Å². The molecule has 2 aromatic rings. The van der Waals surface area contributed by atoms with Gasteiger partial charge < -0.3 is 15.1 Å². The Morgan fingerprint density at radius 3 is 2.23 bits per heavy atom. The van der Waals surface area contributed by atoms with Gasteiger partial charge in [-0.25, -0.2) is 0 Å². The molecule has 138 valence electrons. The number of amides is 2. The van der Waals surface area contributed by atoms with Crippen LogP contribution in [0.15, 0.2) is 36.7 Å². The predicted molar refractivity (Wildman–Crippen MR) is 98.7 cm³/mol. The fourth-order valence-corrected chi connectivity index (χ4v) is 3.21. The van der Waals surface area contributed by atoms with Crippen molar-refractivity contribution in [2.45, 2.75) is 13.0 Å². The molecular formula is C19H25N5O2. The fourth-order valence-electron chi connectivity index (χ4n) is 3.21. The van der Waals surface area contributed by atoms with Gasteiger partial charge in [-0.2, -0.15) is 5.10 Å². The lowest BCUT2D eigenvalue weighted by molar-refractivity contribution is -0.135. The van der Waals surface area contributed by atoms with Crippen molar-refractivity contribution in [2.24, 2.45) is 7.05 Å². The van der Waals surface area contributed by atoms with E-state index in [1.165, 1.54) is 0 Å². The van der Waals surface area contributed by atoms with Crippen LogP contribution in [0.3, 0.4) is 0 Å². The number of aryl methyl sites for hydroxylation is 2. The minimum atomic E-state index is -0.414. The summed E-state index contributed by atoms with van der Waals surface area (Å²) in [4.78, 5) is 29.1. The predicted octanol–water partition coefficient (Wildman–Crippen LogP) is 0.974. The lowest BCUT2D eigenvalue weighted by Gasteiger charge is -2.36. The summed E-state index contributed by atoms with van der Waals surface area (Å²) in [5.41, 5.74) is 2.67. The summed E-state index contributed by atoms with van der Waals surface area (Å²) in [6, 6.07) is 7.18. The van der Waals surface area contributed by atoms with Crippen LogP contribution in [0.25, 0.3) is 0 Å². The van der Waals surface area contributed by atoms with E-state index in [9.17, 15) is 9.59 Å². The summed E-state index contributed by atoms with van der Waals surface area (Å²) >= 11 is 0. The molecular weight excluding hydrogens is 330 g/mol. The first-order valence-electron chi connectivity index (χ1n) is 8.80. The molecule has 3 rings (SSSR count). The molecule has 0 saturated carbocycles. The third kappa shape index (κ3) is 3.77. The van der Waals surface area contributed by atoms with E-state index in [0.29, 0.717) is 31.7 Å². The van der Waals surface area contributed by atoms with Crippen molar-refractivity contribution in [3.63, 3.8) is 0 Å². The highest BCUT2D eigenvalue weighted by Crippen LogP contribution is 2.17. The van der Waals surface area contributed by atoms with Gasteiger partial charge in [-0.15, -0.1) is 0 Å². The molecule has 2 amide bonds. The second kappa shape index (κ2) is 7.70. The first-order valence-corrected chi connectivity index (χ1v) is 8.80. The molecule has 1 aromatic heterocycles. The Morgan fingerprint density at radius 2 is 1.69 bits per heavy atom. The molecule has 1 aromatic carbocycles. The van der Waals surface area contributed by atoms with Crippen LogP contribution in [0.5, 0.6) is 0 Å². The highest BCUT2D eigenvalue weighted by Gasteiger charge is 2.30. The minimum Gasteiger partial charge on any atom is -0.337 e. The summed E-state index contributed by atoms with van der Waals surface area (Å²) in [6.07, 6.45) is 3.55. The zero-order valence-corrected chi connectivity index (χ0v) is 15.5. The average Bonchev–Trinajstić information content (AvgIpc) is 3.08. The van der Waals surface area contributed by atoms with Gasteiger partial charge in [0.05, 0.1) is 6.20 Å². The van der Waals surface area contributed by atoms with Crippen LogP contribution in [0.4, 0.5) is 0 Å². The quantitative estimate of drug-likeness (QED) is 0.887. The number of aromatic nitrogens is 2. The molecule has 1 aliphatic rings. The topological polar surface area (TPSA) is 70.5 Å². The zero-order chi connectivity index (χ0) is 18.7. The first-order chi connectivity index (χ1) is 12.5. The van der Waals surface area contributed by atoms with Gasteiger partial charge in [-0.05, 0) is 26.1 Å². The first kappa shape index (κ1) is 18.1. The van der Waals surface area contributed by atoms with Gasteiger partial charge in [-0.1, -0.05) is 17.7 Å². The van der Waals surface area contributed by atoms with E-state index in [1.807, 2.05) is 54.2 Å². The van der Waals surface area contributed by atoms with Crippen molar-refractivity contribution in [1.29, 1.82) is 0 Å². The molecule has 7 nitrogen and oxygen atoms in total. The van der Waals surface area contributed by atoms with Crippen LogP contribution in [0, 0.1) is 6.92 Å². The normalized spacial score (nSPS) is 15.8. The fraction of sp³-hybridized carbons (Fsp3) is 0.421. The molecule has 26 heavy (non-hydrogen) atoms. The Balaban J connectivity index is 1.61.